The average molecular weight is 439 g/mol. The SMILES string of the molecule is COc1ccc(-c2nc3cc(NC(=O)CSCc4ccccc4Cl)ccc3o2)cc1. The lowest BCUT2D eigenvalue weighted by Crippen LogP contribution is -2.14. The summed E-state index contributed by atoms with van der Waals surface area (Å²) in [5.41, 5.74) is 3.90. The van der Waals surface area contributed by atoms with E-state index in [0.29, 0.717) is 34.2 Å². The van der Waals surface area contributed by atoms with Gasteiger partial charge in [-0.2, -0.15) is 0 Å². The first kappa shape index (κ1) is 20.3. The van der Waals surface area contributed by atoms with Crippen molar-refractivity contribution in [1.29, 1.82) is 0 Å². The Morgan fingerprint density at radius 2 is 1.93 bits per heavy atom. The number of methoxy groups -OCH3 is 1. The summed E-state index contributed by atoms with van der Waals surface area (Å²) in [7, 11) is 1.62. The van der Waals surface area contributed by atoms with Crippen LogP contribution >= 0.6 is 23.4 Å². The Morgan fingerprint density at radius 1 is 1.13 bits per heavy atom. The molecule has 1 heterocycles. The monoisotopic (exact) mass is 438 g/mol. The molecule has 4 aromatic rings. The maximum atomic E-state index is 12.3. The Hall–Kier alpha value is -2.96. The standard InChI is InChI=1S/C23H19ClN2O3S/c1-28-18-9-6-15(7-10-18)23-26-20-12-17(8-11-21(20)29-23)25-22(27)14-30-13-16-4-2-3-5-19(16)24/h2-12H,13-14H2,1H3,(H,25,27). The van der Waals surface area contributed by atoms with Crippen LogP contribution in [0.15, 0.2) is 71.1 Å². The zero-order chi connectivity index (χ0) is 20.9. The van der Waals surface area contributed by atoms with Crippen molar-refractivity contribution >= 4 is 46.1 Å². The van der Waals surface area contributed by atoms with Gasteiger partial charge in [-0.1, -0.05) is 29.8 Å². The molecule has 3 aromatic carbocycles. The number of aromatic nitrogens is 1. The number of thioether (sulfide) groups is 1. The molecule has 0 unspecified atom stereocenters. The molecule has 4 rings (SSSR count). The fourth-order valence-corrected chi connectivity index (χ4v) is 4.04. The Bertz CT molecular complexity index is 1170. The molecular weight excluding hydrogens is 420 g/mol. The van der Waals surface area contributed by atoms with Crippen LogP contribution in [0.25, 0.3) is 22.6 Å². The molecule has 0 atom stereocenters. The fraction of sp³-hybridized carbons (Fsp3) is 0.130. The summed E-state index contributed by atoms with van der Waals surface area (Å²) in [6, 6.07) is 20.6. The highest BCUT2D eigenvalue weighted by molar-refractivity contribution is 7.99. The number of halogens is 1. The third-order valence-electron chi connectivity index (χ3n) is 4.46. The summed E-state index contributed by atoms with van der Waals surface area (Å²) in [5, 5.41) is 3.63. The minimum absolute atomic E-state index is 0.0784. The molecule has 0 bridgehead atoms. The second-order valence-corrected chi connectivity index (χ2v) is 7.96. The topological polar surface area (TPSA) is 64.4 Å². The number of oxazole rings is 1. The number of amides is 1. The van der Waals surface area contributed by atoms with Crippen molar-refractivity contribution in [3.8, 4) is 17.2 Å². The van der Waals surface area contributed by atoms with Crippen LogP contribution in [0.1, 0.15) is 5.56 Å². The number of rotatable bonds is 7. The number of hydrogen-bond donors (Lipinski definition) is 1. The van der Waals surface area contributed by atoms with Gasteiger partial charge in [0, 0.05) is 22.0 Å². The molecule has 152 valence electrons. The van der Waals surface area contributed by atoms with E-state index in [4.69, 9.17) is 20.8 Å². The Labute approximate surface area is 183 Å². The van der Waals surface area contributed by atoms with Crippen LogP contribution in [0.4, 0.5) is 5.69 Å². The predicted octanol–water partition coefficient (Wildman–Crippen LogP) is 6.03. The number of benzene rings is 3. The smallest absolute Gasteiger partial charge is 0.234 e. The minimum Gasteiger partial charge on any atom is -0.497 e. The van der Waals surface area contributed by atoms with E-state index in [0.717, 1.165) is 21.9 Å². The average Bonchev–Trinajstić information content (AvgIpc) is 3.18. The van der Waals surface area contributed by atoms with Crippen molar-refractivity contribution < 1.29 is 13.9 Å². The normalized spacial score (nSPS) is 10.9. The van der Waals surface area contributed by atoms with Gasteiger partial charge in [0.25, 0.3) is 0 Å². The lowest BCUT2D eigenvalue weighted by Gasteiger charge is -2.06. The second-order valence-electron chi connectivity index (χ2n) is 6.56. The summed E-state index contributed by atoms with van der Waals surface area (Å²) in [6.45, 7) is 0. The zero-order valence-corrected chi connectivity index (χ0v) is 17.8. The van der Waals surface area contributed by atoms with Gasteiger partial charge in [0.2, 0.25) is 11.8 Å². The third-order valence-corrected chi connectivity index (χ3v) is 5.81. The number of anilines is 1. The quantitative estimate of drug-likeness (QED) is 0.381. The fourth-order valence-electron chi connectivity index (χ4n) is 2.93. The van der Waals surface area contributed by atoms with Gasteiger partial charge >= 0.3 is 0 Å². The van der Waals surface area contributed by atoms with Gasteiger partial charge in [-0.05, 0) is 54.1 Å². The molecule has 5 nitrogen and oxygen atoms in total. The van der Waals surface area contributed by atoms with Gasteiger partial charge in [0.05, 0.1) is 12.9 Å². The summed E-state index contributed by atoms with van der Waals surface area (Å²) in [6.07, 6.45) is 0. The van der Waals surface area contributed by atoms with Crippen LogP contribution in [0.5, 0.6) is 5.75 Å². The van der Waals surface area contributed by atoms with Gasteiger partial charge < -0.3 is 14.5 Å². The number of fused-ring (bicyclic) bond motifs is 1. The molecule has 0 aliphatic heterocycles. The van der Waals surface area contributed by atoms with Gasteiger partial charge in [-0.3, -0.25) is 4.79 Å². The van der Waals surface area contributed by atoms with E-state index in [9.17, 15) is 4.79 Å². The van der Waals surface area contributed by atoms with E-state index in [-0.39, 0.29) is 5.91 Å². The summed E-state index contributed by atoms with van der Waals surface area (Å²) < 4.78 is 11.0. The number of nitrogens with one attached hydrogen (secondary N) is 1. The van der Waals surface area contributed by atoms with Gasteiger partial charge in [-0.15, -0.1) is 11.8 Å². The summed E-state index contributed by atoms with van der Waals surface area (Å²) >= 11 is 7.67. The number of carbonyl (C=O) groups excluding carboxylic acids is 1. The highest BCUT2D eigenvalue weighted by Gasteiger charge is 2.11. The van der Waals surface area contributed by atoms with Crippen molar-refractivity contribution in [2.45, 2.75) is 5.75 Å². The number of hydrogen-bond acceptors (Lipinski definition) is 5. The first-order chi connectivity index (χ1) is 14.6. The molecule has 1 aromatic heterocycles. The van der Waals surface area contributed by atoms with Crippen molar-refractivity contribution in [2.75, 3.05) is 18.2 Å². The lowest BCUT2D eigenvalue weighted by atomic mass is 10.2. The van der Waals surface area contributed by atoms with Crippen LogP contribution in [-0.2, 0) is 10.5 Å². The molecule has 30 heavy (non-hydrogen) atoms. The Kier molecular flexibility index (Phi) is 6.26. The maximum absolute atomic E-state index is 12.3. The van der Waals surface area contributed by atoms with Gasteiger partial charge in [0.1, 0.15) is 11.3 Å². The minimum atomic E-state index is -0.0784. The van der Waals surface area contributed by atoms with Crippen LogP contribution < -0.4 is 10.1 Å². The lowest BCUT2D eigenvalue weighted by molar-refractivity contribution is -0.113. The molecule has 0 aliphatic carbocycles. The van der Waals surface area contributed by atoms with E-state index in [2.05, 4.69) is 10.3 Å². The number of nitrogens with zero attached hydrogens (tertiary/aromatic N) is 1. The van der Waals surface area contributed by atoms with Crippen LogP contribution in [0.3, 0.4) is 0 Å². The molecule has 0 saturated carbocycles. The van der Waals surface area contributed by atoms with Crippen LogP contribution in [0.2, 0.25) is 5.02 Å². The largest absolute Gasteiger partial charge is 0.497 e. The van der Waals surface area contributed by atoms with E-state index < -0.39 is 0 Å². The van der Waals surface area contributed by atoms with Crippen molar-refractivity contribution in [1.82, 2.24) is 4.98 Å². The Balaban J connectivity index is 1.39. The zero-order valence-electron chi connectivity index (χ0n) is 16.2. The molecule has 7 heteroatoms. The van der Waals surface area contributed by atoms with Crippen molar-refractivity contribution in [3.05, 3.63) is 77.3 Å². The molecule has 1 N–H and O–H groups in total. The molecule has 0 fully saturated rings. The molecule has 0 radical (unpaired) electrons. The third kappa shape index (κ3) is 4.78. The molecular formula is C23H19ClN2O3S. The molecule has 1 amide bonds. The van der Waals surface area contributed by atoms with E-state index in [1.165, 1.54) is 11.8 Å². The molecule has 0 saturated heterocycles. The van der Waals surface area contributed by atoms with E-state index in [1.54, 1.807) is 7.11 Å². The second kappa shape index (κ2) is 9.24. The first-order valence-electron chi connectivity index (χ1n) is 9.28. The molecule has 0 spiro atoms. The summed E-state index contributed by atoms with van der Waals surface area (Å²) in [5.74, 6) is 2.23. The van der Waals surface area contributed by atoms with Gasteiger partial charge in [-0.25, -0.2) is 4.98 Å². The maximum Gasteiger partial charge on any atom is 0.234 e. The number of ether oxygens (including phenoxy) is 1. The highest BCUT2D eigenvalue weighted by Crippen LogP contribution is 2.27. The number of carbonyl (C=O) groups is 1. The van der Waals surface area contributed by atoms with Crippen molar-refractivity contribution in [3.63, 3.8) is 0 Å². The van der Waals surface area contributed by atoms with Crippen LogP contribution in [0, 0.1) is 0 Å². The van der Waals surface area contributed by atoms with Gasteiger partial charge in [0.15, 0.2) is 5.58 Å². The first-order valence-corrected chi connectivity index (χ1v) is 10.8. The summed E-state index contributed by atoms with van der Waals surface area (Å²) in [4.78, 5) is 16.8. The predicted molar refractivity (Wildman–Crippen MR) is 122 cm³/mol. The highest BCUT2D eigenvalue weighted by atomic mass is 35.5. The van der Waals surface area contributed by atoms with E-state index in [1.807, 2.05) is 66.7 Å². The molecule has 0 aliphatic rings. The van der Waals surface area contributed by atoms with Crippen molar-refractivity contribution in [2.24, 2.45) is 0 Å². The van der Waals surface area contributed by atoms with E-state index >= 15 is 0 Å². The van der Waals surface area contributed by atoms with Crippen LogP contribution in [-0.4, -0.2) is 23.8 Å². The Morgan fingerprint density at radius 3 is 2.70 bits per heavy atom.